The van der Waals surface area contributed by atoms with Gasteiger partial charge in [0.2, 0.25) is 0 Å². The fraction of sp³-hybridized carbons (Fsp3) is 0.647. The van der Waals surface area contributed by atoms with Gasteiger partial charge in [-0.1, -0.05) is 6.07 Å². The molecule has 1 aromatic carbocycles. The Labute approximate surface area is 127 Å². The van der Waals surface area contributed by atoms with Crippen LogP contribution in [0.2, 0.25) is 0 Å². The summed E-state index contributed by atoms with van der Waals surface area (Å²) >= 11 is 4.34. The van der Waals surface area contributed by atoms with Crippen molar-refractivity contribution in [2.45, 2.75) is 37.5 Å². The van der Waals surface area contributed by atoms with Crippen molar-refractivity contribution in [3.8, 4) is 5.75 Å². The molecule has 3 heteroatoms. The minimum Gasteiger partial charge on any atom is -0.497 e. The van der Waals surface area contributed by atoms with Crippen molar-refractivity contribution in [3.63, 3.8) is 0 Å². The molecule has 1 atom stereocenters. The molecule has 1 fully saturated rings. The maximum absolute atomic E-state index is 5.45. The Kier molecular flexibility index (Phi) is 4.27. The highest BCUT2D eigenvalue weighted by Gasteiger charge is 2.42. The first-order valence-electron chi connectivity index (χ1n) is 7.78. The van der Waals surface area contributed by atoms with E-state index in [1.807, 2.05) is 0 Å². The maximum Gasteiger partial charge on any atom is 0.119 e. The number of ether oxygens (including phenoxy) is 1. The van der Waals surface area contributed by atoms with Crippen LogP contribution in [0.3, 0.4) is 0 Å². The Bertz CT molecular complexity index is 476. The lowest BCUT2D eigenvalue weighted by molar-refractivity contribution is 0.294. The number of thiol groups is 1. The summed E-state index contributed by atoms with van der Waals surface area (Å²) in [6.07, 6.45) is 6.41. The van der Waals surface area contributed by atoms with E-state index in [9.17, 15) is 0 Å². The maximum atomic E-state index is 5.45. The number of aryl methyl sites for hydroxylation is 1. The molecule has 0 N–H and O–H groups in total. The quantitative estimate of drug-likeness (QED) is 0.855. The van der Waals surface area contributed by atoms with Gasteiger partial charge in [0, 0.05) is 12.0 Å². The lowest BCUT2D eigenvalue weighted by atomic mass is 9.69. The van der Waals surface area contributed by atoms with E-state index in [-0.39, 0.29) is 0 Å². The van der Waals surface area contributed by atoms with E-state index in [0.717, 1.165) is 11.5 Å². The smallest absolute Gasteiger partial charge is 0.119 e. The van der Waals surface area contributed by atoms with Crippen LogP contribution >= 0.6 is 12.6 Å². The van der Waals surface area contributed by atoms with E-state index in [0.29, 0.717) is 5.41 Å². The summed E-state index contributed by atoms with van der Waals surface area (Å²) in [5.74, 6) is 2.01. The zero-order valence-electron chi connectivity index (χ0n) is 12.4. The Morgan fingerprint density at radius 3 is 3.05 bits per heavy atom. The van der Waals surface area contributed by atoms with Crippen molar-refractivity contribution in [1.82, 2.24) is 4.90 Å². The molecule has 1 aliphatic carbocycles. The van der Waals surface area contributed by atoms with E-state index < -0.39 is 0 Å². The molecule has 1 aromatic rings. The van der Waals surface area contributed by atoms with Gasteiger partial charge in [0.1, 0.15) is 5.75 Å². The van der Waals surface area contributed by atoms with Gasteiger partial charge in [0.05, 0.1) is 7.11 Å². The van der Waals surface area contributed by atoms with Gasteiger partial charge in [0.25, 0.3) is 0 Å². The van der Waals surface area contributed by atoms with Crippen molar-refractivity contribution >= 4 is 12.6 Å². The molecule has 110 valence electrons. The van der Waals surface area contributed by atoms with Crippen LogP contribution in [0.4, 0.5) is 0 Å². The number of rotatable bonds is 4. The molecule has 3 rings (SSSR count). The van der Waals surface area contributed by atoms with E-state index in [2.05, 4.69) is 35.7 Å². The Morgan fingerprint density at radius 1 is 1.35 bits per heavy atom. The third kappa shape index (κ3) is 2.58. The summed E-state index contributed by atoms with van der Waals surface area (Å²) < 4.78 is 5.45. The number of likely N-dealkylation sites (tertiary alicyclic amines) is 1. The second-order valence-corrected chi connectivity index (χ2v) is 6.71. The average molecular weight is 291 g/mol. The van der Waals surface area contributed by atoms with Crippen LogP contribution in [0, 0.1) is 0 Å². The van der Waals surface area contributed by atoms with Crippen LogP contribution in [0.15, 0.2) is 18.2 Å². The molecular formula is C17H25NOS. The number of fused-ring (bicyclic) bond motifs is 2. The zero-order valence-corrected chi connectivity index (χ0v) is 13.3. The molecule has 0 aromatic heterocycles. The van der Waals surface area contributed by atoms with Gasteiger partial charge in [-0.05, 0) is 74.2 Å². The van der Waals surface area contributed by atoms with E-state index in [1.54, 1.807) is 18.2 Å². The third-order valence-corrected chi connectivity index (χ3v) is 5.37. The standard InChI is InChI=1S/C17H25NOS/c1-19-15-6-5-14-4-2-7-17(16(14)12-15)8-10-18(13-17)9-3-11-20/h5-6,12,20H,2-4,7-11,13H2,1H3. The van der Waals surface area contributed by atoms with E-state index in [1.165, 1.54) is 51.7 Å². The Balaban J connectivity index is 1.85. The molecule has 2 aliphatic rings. The van der Waals surface area contributed by atoms with Crippen LogP contribution in [-0.4, -0.2) is 37.4 Å². The van der Waals surface area contributed by atoms with Gasteiger partial charge in [0.15, 0.2) is 0 Å². The fourth-order valence-corrected chi connectivity index (χ4v) is 4.15. The van der Waals surface area contributed by atoms with Gasteiger partial charge in [-0.3, -0.25) is 0 Å². The number of methoxy groups -OCH3 is 1. The fourth-order valence-electron chi connectivity index (χ4n) is 4.01. The molecular weight excluding hydrogens is 266 g/mol. The molecule has 0 radical (unpaired) electrons. The lowest BCUT2D eigenvalue weighted by Crippen LogP contribution is -2.35. The summed E-state index contributed by atoms with van der Waals surface area (Å²) in [6, 6.07) is 6.70. The van der Waals surface area contributed by atoms with E-state index in [4.69, 9.17) is 4.74 Å². The average Bonchev–Trinajstić information content (AvgIpc) is 2.89. The van der Waals surface area contributed by atoms with Gasteiger partial charge in [-0.2, -0.15) is 12.6 Å². The molecule has 0 saturated carbocycles. The van der Waals surface area contributed by atoms with Crippen LogP contribution < -0.4 is 4.74 Å². The predicted octanol–water partition coefficient (Wildman–Crippen LogP) is 3.29. The summed E-state index contributed by atoms with van der Waals surface area (Å²) in [5, 5.41) is 0. The third-order valence-electron chi connectivity index (χ3n) is 5.06. The number of hydrogen-bond donors (Lipinski definition) is 1. The Morgan fingerprint density at radius 2 is 2.25 bits per heavy atom. The highest BCUT2D eigenvalue weighted by Crippen LogP contribution is 2.45. The summed E-state index contributed by atoms with van der Waals surface area (Å²) in [7, 11) is 1.77. The SMILES string of the molecule is COc1ccc2c(c1)C1(CCC2)CCN(CCCS)C1. The topological polar surface area (TPSA) is 12.5 Å². The van der Waals surface area contributed by atoms with Crippen molar-refractivity contribution in [1.29, 1.82) is 0 Å². The van der Waals surface area contributed by atoms with Crippen molar-refractivity contribution < 1.29 is 4.74 Å². The van der Waals surface area contributed by atoms with Gasteiger partial charge in [-0.15, -0.1) is 0 Å². The lowest BCUT2D eigenvalue weighted by Gasteiger charge is -2.36. The van der Waals surface area contributed by atoms with Crippen LogP contribution in [-0.2, 0) is 11.8 Å². The summed E-state index contributed by atoms with van der Waals surface area (Å²) in [5.41, 5.74) is 3.50. The van der Waals surface area contributed by atoms with Crippen molar-refractivity contribution in [2.24, 2.45) is 0 Å². The highest BCUT2D eigenvalue weighted by molar-refractivity contribution is 7.80. The van der Waals surface area contributed by atoms with Crippen LogP contribution in [0.5, 0.6) is 5.75 Å². The minimum absolute atomic E-state index is 0.388. The first kappa shape index (κ1) is 14.3. The van der Waals surface area contributed by atoms with Gasteiger partial charge in [-0.25, -0.2) is 0 Å². The first-order valence-corrected chi connectivity index (χ1v) is 8.41. The van der Waals surface area contributed by atoms with Gasteiger partial charge >= 0.3 is 0 Å². The molecule has 1 aliphatic heterocycles. The molecule has 1 heterocycles. The number of benzene rings is 1. The van der Waals surface area contributed by atoms with E-state index >= 15 is 0 Å². The molecule has 1 saturated heterocycles. The zero-order chi connectivity index (χ0) is 14.0. The van der Waals surface area contributed by atoms with Crippen LogP contribution in [0.1, 0.15) is 36.8 Å². The molecule has 20 heavy (non-hydrogen) atoms. The second-order valence-electron chi connectivity index (χ2n) is 6.26. The minimum atomic E-state index is 0.388. The largest absolute Gasteiger partial charge is 0.497 e. The monoisotopic (exact) mass is 291 g/mol. The molecule has 2 nitrogen and oxygen atoms in total. The molecule has 1 spiro atoms. The number of hydrogen-bond acceptors (Lipinski definition) is 3. The second kappa shape index (κ2) is 5.98. The first-order chi connectivity index (χ1) is 9.77. The summed E-state index contributed by atoms with van der Waals surface area (Å²) in [4.78, 5) is 2.63. The summed E-state index contributed by atoms with van der Waals surface area (Å²) in [6.45, 7) is 3.66. The highest BCUT2D eigenvalue weighted by atomic mass is 32.1. The van der Waals surface area contributed by atoms with Crippen LogP contribution in [0.25, 0.3) is 0 Å². The molecule has 0 bridgehead atoms. The number of nitrogens with zero attached hydrogens (tertiary/aromatic N) is 1. The molecule has 0 amide bonds. The molecule has 1 unspecified atom stereocenters. The predicted molar refractivity (Wildman–Crippen MR) is 87.1 cm³/mol. The van der Waals surface area contributed by atoms with Crippen molar-refractivity contribution in [2.75, 3.05) is 32.5 Å². The normalized spacial score (nSPS) is 25.9. The van der Waals surface area contributed by atoms with Gasteiger partial charge < -0.3 is 9.64 Å². The Hall–Kier alpha value is -0.670. The van der Waals surface area contributed by atoms with Crippen molar-refractivity contribution in [3.05, 3.63) is 29.3 Å².